The first kappa shape index (κ1) is 22.2. The van der Waals surface area contributed by atoms with E-state index in [4.69, 9.17) is 9.15 Å². The number of aryl methyl sites for hydroxylation is 3. The van der Waals surface area contributed by atoms with Gasteiger partial charge in [0.2, 0.25) is 5.91 Å². The molecule has 1 aromatic heterocycles. The standard InChI is InChI=1S/C28H33NO3/c1-17-9-10-22(19(3)12-17)25-16-32-28-21(5)27(31-6)23(14-24(25)28)20(4)13-26(30)29-11-7-8-18(2)15-29/h9-10,12-14,16,18H,7-8,11,15H2,1-6H3/b20-13+. The third kappa shape index (κ3) is 4.06. The summed E-state index contributed by atoms with van der Waals surface area (Å²) in [6.07, 6.45) is 5.86. The Morgan fingerprint density at radius 3 is 2.66 bits per heavy atom. The molecular formula is C28H33NO3. The first-order valence-electron chi connectivity index (χ1n) is 11.4. The second kappa shape index (κ2) is 8.85. The van der Waals surface area contributed by atoms with Crippen LogP contribution >= 0.6 is 0 Å². The summed E-state index contributed by atoms with van der Waals surface area (Å²) in [6, 6.07) is 8.58. The monoisotopic (exact) mass is 431 g/mol. The van der Waals surface area contributed by atoms with E-state index in [1.165, 1.54) is 17.5 Å². The van der Waals surface area contributed by atoms with Gasteiger partial charge in [-0.2, -0.15) is 0 Å². The molecule has 2 heterocycles. The molecule has 4 nitrogen and oxygen atoms in total. The van der Waals surface area contributed by atoms with Gasteiger partial charge in [0.1, 0.15) is 11.3 Å². The molecule has 1 unspecified atom stereocenters. The van der Waals surface area contributed by atoms with Gasteiger partial charge < -0.3 is 14.1 Å². The van der Waals surface area contributed by atoms with Crippen molar-refractivity contribution in [1.29, 1.82) is 0 Å². The third-order valence-electron chi connectivity index (χ3n) is 6.65. The van der Waals surface area contributed by atoms with Crippen molar-refractivity contribution < 1.29 is 13.9 Å². The number of furan rings is 1. The Balaban J connectivity index is 1.81. The van der Waals surface area contributed by atoms with Crippen molar-refractivity contribution in [2.24, 2.45) is 5.92 Å². The summed E-state index contributed by atoms with van der Waals surface area (Å²) >= 11 is 0. The van der Waals surface area contributed by atoms with Crippen molar-refractivity contribution >= 4 is 22.4 Å². The van der Waals surface area contributed by atoms with Crippen LogP contribution in [0.25, 0.3) is 27.7 Å². The molecule has 2 aromatic carbocycles. The van der Waals surface area contributed by atoms with Crippen LogP contribution in [0.5, 0.6) is 5.75 Å². The van der Waals surface area contributed by atoms with Crippen molar-refractivity contribution in [3.63, 3.8) is 0 Å². The molecule has 0 aliphatic carbocycles. The Kier molecular flexibility index (Phi) is 6.14. The minimum absolute atomic E-state index is 0.0793. The molecule has 3 aromatic rings. The molecular weight excluding hydrogens is 398 g/mol. The molecule has 4 heteroatoms. The number of hydrogen-bond acceptors (Lipinski definition) is 3. The average Bonchev–Trinajstić information content (AvgIpc) is 3.17. The molecule has 0 radical (unpaired) electrons. The predicted octanol–water partition coefficient (Wildman–Crippen LogP) is 6.70. The minimum atomic E-state index is 0.0793. The Morgan fingerprint density at radius 2 is 1.97 bits per heavy atom. The highest BCUT2D eigenvalue weighted by molar-refractivity contribution is 6.02. The number of carbonyl (C=O) groups is 1. The van der Waals surface area contributed by atoms with Crippen LogP contribution < -0.4 is 4.74 Å². The smallest absolute Gasteiger partial charge is 0.246 e. The van der Waals surface area contributed by atoms with E-state index in [1.54, 1.807) is 13.2 Å². The summed E-state index contributed by atoms with van der Waals surface area (Å²) in [4.78, 5) is 14.9. The number of nitrogens with zero attached hydrogens (tertiary/aromatic N) is 1. The van der Waals surface area contributed by atoms with E-state index in [-0.39, 0.29) is 5.91 Å². The highest BCUT2D eigenvalue weighted by atomic mass is 16.5. The molecule has 4 rings (SSSR count). The summed E-state index contributed by atoms with van der Waals surface area (Å²) in [5.74, 6) is 1.39. The van der Waals surface area contributed by atoms with E-state index in [9.17, 15) is 4.79 Å². The topological polar surface area (TPSA) is 42.7 Å². The van der Waals surface area contributed by atoms with Crippen molar-refractivity contribution in [3.05, 3.63) is 58.9 Å². The van der Waals surface area contributed by atoms with E-state index in [0.29, 0.717) is 5.92 Å². The lowest BCUT2D eigenvalue weighted by Gasteiger charge is -2.30. The summed E-state index contributed by atoms with van der Waals surface area (Å²) in [7, 11) is 1.67. The molecule has 1 aliphatic rings. The van der Waals surface area contributed by atoms with Crippen molar-refractivity contribution in [1.82, 2.24) is 4.90 Å². The number of carbonyl (C=O) groups excluding carboxylic acids is 1. The van der Waals surface area contributed by atoms with Gasteiger partial charge >= 0.3 is 0 Å². The zero-order valence-electron chi connectivity index (χ0n) is 20.0. The molecule has 1 fully saturated rings. The van der Waals surface area contributed by atoms with E-state index in [1.807, 2.05) is 25.0 Å². The first-order valence-corrected chi connectivity index (χ1v) is 11.4. The maximum atomic E-state index is 13.0. The number of likely N-dealkylation sites (tertiary alicyclic amines) is 1. The molecule has 1 atom stereocenters. The summed E-state index contributed by atoms with van der Waals surface area (Å²) in [5.41, 5.74) is 8.28. The van der Waals surface area contributed by atoms with Gasteiger partial charge in [-0.1, -0.05) is 30.7 Å². The number of allylic oxidation sites excluding steroid dienone is 1. The van der Waals surface area contributed by atoms with Crippen molar-refractivity contribution in [3.8, 4) is 16.9 Å². The maximum absolute atomic E-state index is 13.0. The molecule has 0 saturated carbocycles. The van der Waals surface area contributed by atoms with Crippen LogP contribution in [0.15, 0.2) is 41.0 Å². The molecule has 1 amide bonds. The molecule has 1 saturated heterocycles. The SMILES string of the molecule is COc1c(/C(C)=C/C(=O)N2CCCC(C)C2)cc2c(-c3ccc(C)cc3C)coc2c1C. The molecule has 1 aliphatic heterocycles. The number of hydrogen-bond donors (Lipinski definition) is 0. The van der Waals surface area contributed by atoms with Crippen LogP contribution in [0.2, 0.25) is 0 Å². The van der Waals surface area contributed by atoms with Crippen LogP contribution in [-0.2, 0) is 4.79 Å². The van der Waals surface area contributed by atoms with Crippen LogP contribution in [-0.4, -0.2) is 31.0 Å². The van der Waals surface area contributed by atoms with Gasteiger partial charge in [-0.15, -0.1) is 0 Å². The second-order valence-corrected chi connectivity index (χ2v) is 9.29. The fourth-order valence-corrected chi connectivity index (χ4v) is 4.94. The van der Waals surface area contributed by atoms with Gasteiger partial charge in [0.25, 0.3) is 0 Å². The molecule has 0 spiro atoms. The van der Waals surface area contributed by atoms with Crippen LogP contribution in [0.4, 0.5) is 0 Å². The fourth-order valence-electron chi connectivity index (χ4n) is 4.94. The first-order chi connectivity index (χ1) is 15.3. The Morgan fingerprint density at radius 1 is 1.19 bits per heavy atom. The van der Waals surface area contributed by atoms with Gasteiger partial charge in [-0.3, -0.25) is 4.79 Å². The lowest BCUT2D eigenvalue weighted by atomic mass is 9.94. The number of piperidine rings is 1. The largest absolute Gasteiger partial charge is 0.496 e. The van der Waals surface area contributed by atoms with Crippen LogP contribution in [0, 0.1) is 26.7 Å². The van der Waals surface area contributed by atoms with E-state index in [0.717, 1.165) is 64.1 Å². The zero-order chi connectivity index (χ0) is 23.0. The lowest BCUT2D eigenvalue weighted by molar-refractivity contribution is -0.127. The highest BCUT2D eigenvalue weighted by Crippen LogP contribution is 2.41. The second-order valence-electron chi connectivity index (χ2n) is 9.29. The van der Waals surface area contributed by atoms with E-state index >= 15 is 0 Å². The van der Waals surface area contributed by atoms with Gasteiger partial charge in [0.05, 0.1) is 13.4 Å². The van der Waals surface area contributed by atoms with Crippen molar-refractivity contribution in [2.45, 2.75) is 47.5 Å². The Bertz CT molecular complexity index is 1200. The number of benzene rings is 2. The summed E-state index contributed by atoms with van der Waals surface area (Å²) in [6.45, 7) is 12.1. The summed E-state index contributed by atoms with van der Waals surface area (Å²) in [5, 5.41) is 1.04. The zero-order valence-corrected chi connectivity index (χ0v) is 20.0. The van der Waals surface area contributed by atoms with Gasteiger partial charge in [0, 0.05) is 41.2 Å². The molecule has 0 bridgehead atoms. The Hall–Kier alpha value is -3.01. The lowest BCUT2D eigenvalue weighted by Crippen LogP contribution is -2.38. The van der Waals surface area contributed by atoms with Gasteiger partial charge in [-0.05, 0) is 69.2 Å². The van der Waals surface area contributed by atoms with E-state index in [2.05, 4.69) is 45.0 Å². The number of methoxy groups -OCH3 is 1. The predicted molar refractivity (Wildman–Crippen MR) is 131 cm³/mol. The van der Waals surface area contributed by atoms with Crippen molar-refractivity contribution in [2.75, 3.05) is 20.2 Å². The van der Waals surface area contributed by atoms with Gasteiger partial charge in [-0.25, -0.2) is 0 Å². The molecule has 168 valence electrons. The number of ether oxygens (including phenoxy) is 1. The molecule has 32 heavy (non-hydrogen) atoms. The van der Waals surface area contributed by atoms with Crippen LogP contribution in [0.1, 0.15) is 48.9 Å². The minimum Gasteiger partial charge on any atom is -0.496 e. The third-order valence-corrected chi connectivity index (χ3v) is 6.65. The fraction of sp³-hybridized carbons (Fsp3) is 0.393. The normalized spacial score (nSPS) is 17.1. The molecule has 0 N–H and O–H groups in total. The maximum Gasteiger partial charge on any atom is 0.246 e. The Labute approximate surface area is 190 Å². The van der Waals surface area contributed by atoms with Crippen LogP contribution in [0.3, 0.4) is 0 Å². The average molecular weight is 432 g/mol. The number of amides is 1. The van der Waals surface area contributed by atoms with Gasteiger partial charge in [0.15, 0.2) is 0 Å². The number of fused-ring (bicyclic) bond motifs is 1. The quantitative estimate of drug-likeness (QED) is 0.432. The van der Waals surface area contributed by atoms with E-state index < -0.39 is 0 Å². The highest BCUT2D eigenvalue weighted by Gasteiger charge is 2.22. The number of rotatable bonds is 4. The summed E-state index contributed by atoms with van der Waals surface area (Å²) < 4.78 is 11.8.